The Hall–Kier alpha value is -10.1. The van der Waals surface area contributed by atoms with E-state index in [9.17, 15) is 24.0 Å². The molecule has 10 heterocycles. The molecule has 3 saturated heterocycles. The van der Waals surface area contributed by atoms with Crippen LogP contribution in [-0.2, 0) is 32.7 Å². The van der Waals surface area contributed by atoms with E-state index in [4.69, 9.17) is 15.9 Å². The number of benzene rings is 3. The number of nitrogens with zero attached hydrogens (tertiary/aromatic N) is 13. The van der Waals surface area contributed by atoms with Gasteiger partial charge in [0, 0.05) is 126 Å². The van der Waals surface area contributed by atoms with Crippen molar-refractivity contribution in [2.75, 3.05) is 39.3 Å². The molecule has 0 aliphatic carbocycles. The van der Waals surface area contributed by atoms with Crippen LogP contribution in [-0.4, -0.2) is 136 Å². The number of hydrogen-bond donors (Lipinski definition) is 6. The second-order valence-electron chi connectivity index (χ2n) is 24.2. The maximum atomic E-state index is 12.8. The lowest BCUT2D eigenvalue weighted by molar-refractivity contribution is 0.0695. The summed E-state index contributed by atoms with van der Waals surface area (Å²) in [4.78, 5) is 92.2. The van der Waals surface area contributed by atoms with Crippen LogP contribution in [0.2, 0.25) is 0 Å². The predicted octanol–water partition coefficient (Wildman–Crippen LogP) is 7.00. The number of amides is 1. The summed E-state index contributed by atoms with van der Waals surface area (Å²) in [5, 5.41) is 32.6. The minimum Gasteiger partial charge on any atom is -0.478 e. The Morgan fingerprint density at radius 2 is 0.957 bits per heavy atom. The van der Waals surface area contributed by atoms with Crippen LogP contribution in [0.3, 0.4) is 0 Å². The molecule has 0 saturated carbocycles. The summed E-state index contributed by atoms with van der Waals surface area (Å²) in [6.45, 7) is 20.4. The molecule has 7 aromatic heterocycles. The number of nitrogens with one attached hydrogen (secondary N) is 4. The molecule has 3 aliphatic rings. The highest BCUT2D eigenvalue weighted by Gasteiger charge is 2.36. The summed E-state index contributed by atoms with van der Waals surface area (Å²) >= 11 is 0. The van der Waals surface area contributed by atoms with Gasteiger partial charge in [0.15, 0.2) is 11.3 Å². The van der Waals surface area contributed by atoms with Gasteiger partial charge in [0.05, 0.1) is 23.9 Å². The molecule has 24 heteroatoms. The highest BCUT2D eigenvalue weighted by molar-refractivity contribution is 5.95. The molecule has 7 N–H and O–H groups in total. The van der Waals surface area contributed by atoms with Gasteiger partial charge >= 0.3 is 5.97 Å². The van der Waals surface area contributed by atoms with Gasteiger partial charge in [0.25, 0.3) is 22.6 Å². The number of carboxylic acids is 1. The fraction of sp³-hybridized carbons (Fsp3) is 0.333. The third kappa shape index (κ3) is 16.7. The van der Waals surface area contributed by atoms with Crippen molar-refractivity contribution in [2.24, 2.45) is 23.5 Å². The molecule has 0 radical (unpaired) electrons. The molecular formula is C69H78N18O6. The lowest BCUT2D eigenvalue weighted by atomic mass is 9.97. The monoisotopic (exact) mass is 1250 g/mol. The Morgan fingerprint density at radius 1 is 0.527 bits per heavy atom. The number of fused-ring (bicyclic) bond motifs is 1. The molecule has 6 unspecified atom stereocenters. The first kappa shape index (κ1) is 65.8. The first-order valence-corrected chi connectivity index (χ1v) is 31.1. The zero-order valence-electron chi connectivity index (χ0n) is 53.1. The van der Waals surface area contributed by atoms with Crippen LogP contribution >= 0.6 is 0 Å². The van der Waals surface area contributed by atoms with Crippen LogP contribution in [0.4, 0.5) is 0 Å². The number of rotatable bonds is 15. The van der Waals surface area contributed by atoms with Crippen molar-refractivity contribution < 1.29 is 14.7 Å². The second-order valence-corrected chi connectivity index (χ2v) is 24.2. The summed E-state index contributed by atoms with van der Waals surface area (Å²) in [5.41, 5.74) is 13.8. The maximum absolute atomic E-state index is 12.8. The van der Waals surface area contributed by atoms with Crippen molar-refractivity contribution in [1.82, 2.24) is 84.9 Å². The summed E-state index contributed by atoms with van der Waals surface area (Å²) in [6.07, 6.45) is 11.2. The zero-order valence-corrected chi connectivity index (χ0v) is 53.1. The van der Waals surface area contributed by atoms with E-state index < -0.39 is 5.97 Å². The van der Waals surface area contributed by atoms with E-state index in [0.29, 0.717) is 46.3 Å². The fourth-order valence-corrected chi connectivity index (χ4v) is 12.1. The van der Waals surface area contributed by atoms with E-state index in [1.54, 1.807) is 54.6 Å². The van der Waals surface area contributed by atoms with Crippen molar-refractivity contribution in [3.63, 3.8) is 0 Å². The molecule has 13 rings (SSSR count). The molecule has 0 bridgehead atoms. The van der Waals surface area contributed by atoms with Crippen molar-refractivity contribution >= 4 is 17.4 Å². The highest BCUT2D eigenvalue weighted by atomic mass is 16.4. The van der Waals surface area contributed by atoms with Crippen LogP contribution in [0.5, 0.6) is 0 Å². The van der Waals surface area contributed by atoms with E-state index in [2.05, 4.69) is 157 Å². The molecular weight excluding hydrogens is 1180 g/mol. The lowest BCUT2D eigenvalue weighted by Gasteiger charge is -2.16. The van der Waals surface area contributed by atoms with Crippen LogP contribution in [0, 0.1) is 38.5 Å². The molecule has 3 aliphatic heterocycles. The van der Waals surface area contributed by atoms with Gasteiger partial charge in [0.1, 0.15) is 28.9 Å². The third-order valence-corrected chi connectivity index (χ3v) is 17.3. The average Bonchev–Trinajstić information content (AvgIpc) is 1.67. The molecule has 93 heavy (non-hydrogen) atoms. The molecule has 480 valence electrons. The fourth-order valence-electron chi connectivity index (χ4n) is 12.1. The van der Waals surface area contributed by atoms with Gasteiger partial charge in [-0.1, -0.05) is 112 Å². The summed E-state index contributed by atoms with van der Waals surface area (Å²) < 4.78 is 1.67. The van der Waals surface area contributed by atoms with Crippen molar-refractivity contribution in [2.45, 2.75) is 92.0 Å². The van der Waals surface area contributed by atoms with Crippen LogP contribution < -0.4 is 27.7 Å². The second kappa shape index (κ2) is 30.8. The molecule has 10 aromatic rings. The van der Waals surface area contributed by atoms with Gasteiger partial charge in [-0.25, -0.2) is 14.3 Å². The number of carboxylic acid groups (broad SMARTS) is 1. The Morgan fingerprint density at radius 3 is 1.39 bits per heavy atom. The number of carbonyl (C=O) groups excluding carboxylic acids is 1. The molecule has 3 aromatic carbocycles. The number of carbonyl (C=O) groups is 2. The Kier molecular flexibility index (Phi) is 21.8. The number of aromatic nitrogens is 13. The summed E-state index contributed by atoms with van der Waals surface area (Å²) in [5.74, 6) is 3.08. The number of pyridine rings is 3. The Bertz CT molecular complexity index is 4340. The number of aryl methyl sites for hydroxylation is 3. The number of hydrogen-bond acceptors (Lipinski definition) is 18. The first-order valence-electron chi connectivity index (χ1n) is 31.1. The average molecular weight is 1260 g/mol. The maximum Gasteiger partial charge on any atom is 0.337 e. The quantitative estimate of drug-likeness (QED) is 0.0601. The summed E-state index contributed by atoms with van der Waals surface area (Å²) in [7, 11) is 0. The zero-order chi connectivity index (χ0) is 65.5. The predicted molar refractivity (Wildman–Crippen MR) is 352 cm³/mol. The van der Waals surface area contributed by atoms with Crippen LogP contribution in [0.1, 0.15) is 121 Å². The van der Waals surface area contributed by atoms with Crippen LogP contribution in [0.15, 0.2) is 167 Å². The SMILES string of the molecule is CC1CN(Cc2ccccc2)CC1c1nnc(CN)c(=O)[nH]1.Cc1ccncc1-c1ncc2c(=O)[nH]c(C3CN(Cc4ccccc4)CC3C)nn12.Cc1ccncc1C(=O)NCc1nnc(C2CN(Cc3ccccc3)CC2C)[nH]c1=O.Cc1ccncc1C(=O)O. The Balaban J connectivity index is 0.000000143. The largest absolute Gasteiger partial charge is 0.478 e. The molecule has 3 fully saturated rings. The standard InChI is InChI=1S/C23H26N6O2.C23H24N6O.C16H21N5O.C7H7NO2/c1-15-8-9-24-10-18(15)22(30)25-11-20-23(31)26-21(28-27-20)19-14-29(12-16(19)2)13-17-6-4-3-5-7-17;1-15-8-9-24-10-18(15)22-25-11-20-23(30)26-21(27-29(20)22)19-14-28(12-16(19)2)13-17-6-4-3-5-7-17;1-11-8-21(9-12-5-3-2-4-6-12)10-13(11)15-18-16(22)14(7-17)19-20-15;1-5-2-3-8-4-6(5)7(9)10/h3-10,16,19H,11-14H2,1-2H3,(H,25,30)(H,26,28,31);3-11,16,19H,12-14H2,1-2H3,(H,26,27,30);2-6,11,13H,7-10,17H2,1H3,(H,18,20,22);2-4H,1H3,(H,9,10). The first-order chi connectivity index (χ1) is 45.0. The Labute approximate surface area is 537 Å². The minimum absolute atomic E-state index is 0.0101. The van der Waals surface area contributed by atoms with Gasteiger partial charge in [-0.2, -0.15) is 5.10 Å². The van der Waals surface area contributed by atoms with E-state index in [-0.39, 0.29) is 70.4 Å². The van der Waals surface area contributed by atoms with Gasteiger partial charge in [-0.15, -0.1) is 20.4 Å². The third-order valence-electron chi connectivity index (χ3n) is 17.3. The van der Waals surface area contributed by atoms with Crippen LogP contribution in [0.25, 0.3) is 16.9 Å². The number of imidazole rings is 1. The molecule has 6 atom stereocenters. The molecule has 0 spiro atoms. The van der Waals surface area contributed by atoms with Gasteiger partial charge in [-0.05, 0) is 90.1 Å². The van der Waals surface area contributed by atoms with Gasteiger partial charge < -0.3 is 31.1 Å². The van der Waals surface area contributed by atoms with Crippen molar-refractivity contribution in [1.29, 1.82) is 0 Å². The number of nitrogens with two attached hydrogens (primary N) is 1. The summed E-state index contributed by atoms with van der Waals surface area (Å²) in [6, 6.07) is 36.6. The molecule has 1 amide bonds. The van der Waals surface area contributed by atoms with E-state index >= 15 is 0 Å². The van der Waals surface area contributed by atoms with E-state index in [1.807, 2.05) is 50.2 Å². The van der Waals surface area contributed by atoms with Crippen molar-refractivity contribution in [3.8, 4) is 11.4 Å². The van der Waals surface area contributed by atoms with Gasteiger partial charge in [-0.3, -0.25) is 48.8 Å². The minimum atomic E-state index is -0.925. The number of aromatic carboxylic acids is 1. The van der Waals surface area contributed by atoms with E-state index in [1.165, 1.54) is 29.1 Å². The number of likely N-dealkylation sites (tertiary alicyclic amines) is 3. The van der Waals surface area contributed by atoms with Gasteiger partial charge in [0.2, 0.25) is 0 Å². The smallest absolute Gasteiger partial charge is 0.337 e. The number of aromatic amines is 3. The normalized spacial score (nSPS) is 18.8. The lowest BCUT2D eigenvalue weighted by Crippen LogP contribution is -2.30. The topological polar surface area (TPSA) is 321 Å². The highest BCUT2D eigenvalue weighted by Crippen LogP contribution is 2.34. The molecule has 24 nitrogen and oxygen atoms in total. The van der Waals surface area contributed by atoms with Crippen molar-refractivity contribution in [3.05, 3.63) is 257 Å². The van der Waals surface area contributed by atoms with E-state index in [0.717, 1.165) is 87.0 Å². The number of H-pyrrole nitrogens is 3.